The van der Waals surface area contributed by atoms with Crippen molar-refractivity contribution in [2.45, 2.75) is 20.1 Å². The van der Waals surface area contributed by atoms with E-state index in [0.29, 0.717) is 24.5 Å². The fourth-order valence-electron chi connectivity index (χ4n) is 3.43. The monoisotopic (exact) mass is 429 g/mol. The summed E-state index contributed by atoms with van der Waals surface area (Å²) in [6.45, 7) is 3.01. The number of carbonyl (C=O) groups is 1. The van der Waals surface area contributed by atoms with Gasteiger partial charge in [0, 0.05) is 17.7 Å². The standard InChI is InChI=1S/C27H24FNO3/c1-2-31-26-14-10-22(27(30)29-17-19-7-11-24(28)12-8-19)15-23(26)18-32-25-13-9-20-5-3-4-6-21(20)16-25/h3-16H,2,17-18H2,1H3,(H,29,30). The van der Waals surface area contributed by atoms with Crippen LogP contribution in [0.4, 0.5) is 4.39 Å². The molecule has 0 atom stereocenters. The molecule has 0 heterocycles. The van der Waals surface area contributed by atoms with Gasteiger partial charge in [-0.3, -0.25) is 4.79 Å². The lowest BCUT2D eigenvalue weighted by molar-refractivity contribution is 0.0950. The number of amides is 1. The summed E-state index contributed by atoms with van der Waals surface area (Å²) in [4.78, 5) is 12.7. The topological polar surface area (TPSA) is 47.6 Å². The number of hydrogen-bond acceptors (Lipinski definition) is 3. The van der Waals surface area contributed by atoms with Gasteiger partial charge in [-0.05, 0) is 65.7 Å². The van der Waals surface area contributed by atoms with Gasteiger partial charge in [0.2, 0.25) is 0 Å². The van der Waals surface area contributed by atoms with Gasteiger partial charge in [0.1, 0.15) is 23.9 Å². The first-order chi connectivity index (χ1) is 15.6. The third-order valence-corrected chi connectivity index (χ3v) is 5.10. The summed E-state index contributed by atoms with van der Waals surface area (Å²) in [5.74, 6) is 0.910. The third kappa shape index (κ3) is 5.24. The second kappa shape index (κ2) is 9.96. The van der Waals surface area contributed by atoms with Gasteiger partial charge >= 0.3 is 0 Å². The lowest BCUT2D eigenvalue weighted by atomic mass is 10.1. The Morgan fingerprint density at radius 2 is 1.66 bits per heavy atom. The van der Waals surface area contributed by atoms with E-state index in [0.717, 1.165) is 27.6 Å². The number of ether oxygens (including phenoxy) is 2. The Bertz CT molecular complexity index is 1220. The minimum atomic E-state index is -0.303. The molecule has 0 aliphatic heterocycles. The van der Waals surface area contributed by atoms with Crippen LogP contribution in [0.5, 0.6) is 11.5 Å². The van der Waals surface area contributed by atoms with Gasteiger partial charge in [-0.1, -0.05) is 42.5 Å². The molecule has 1 amide bonds. The van der Waals surface area contributed by atoms with E-state index >= 15 is 0 Å². The van der Waals surface area contributed by atoms with Gasteiger partial charge in [-0.2, -0.15) is 0 Å². The molecule has 0 aliphatic rings. The SMILES string of the molecule is CCOc1ccc(C(=O)NCc2ccc(F)cc2)cc1COc1ccc2ccccc2c1. The summed E-state index contributed by atoms with van der Waals surface area (Å²) in [5.41, 5.74) is 2.12. The minimum Gasteiger partial charge on any atom is -0.493 e. The second-order valence-corrected chi connectivity index (χ2v) is 7.36. The molecule has 0 fully saturated rings. The number of nitrogens with one attached hydrogen (secondary N) is 1. The second-order valence-electron chi connectivity index (χ2n) is 7.36. The van der Waals surface area contributed by atoms with Crippen molar-refractivity contribution >= 4 is 16.7 Å². The molecular weight excluding hydrogens is 405 g/mol. The van der Waals surface area contributed by atoms with Gasteiger partial charge in [0.15, 0.2) is 0 Å². The Hall–Kier alpha value is -3.86. The quantitative estimate of drug-likeness (QED) is 0.380. The lowest BCUT2D eigenvalue weighted by Gasteiger charge is -2.14. The Morgan fingerprint density at radius 3 is 2.44 bits per heavy atom. The van der Waals surface area contributed by atoms with Crippen molar-refractivity contribution in [1.82, 2.24) is 5.32 Å². The van der Waals surface area contributed by atoms with E-state index in [1.807, 2.05) is 43.3 Å². The highest BCUT2D eigenvalue weighted by atomic mass is 19.1. The van der Waals surface area contributed by atoms with Crippen LogP contribution >= 0.6 is 0 Å². The van der Waals surface area contributed by atoms with E-state index in [1.54, 1.807) is 30.3 Å². The Labute approximate surface area is 186 Å². The summed E-state index contributed by atoms with van der Waals surface area (Å²) in [5, 5.41) is 5.11. The molecule has 4 aromatic rings. The first-order valence-corrected chi connectivity index (χ1v) is 10.5. The molecule has 4 rings (SSSR count). The van der Waals surface area contributed by atoms with Crippen molar-refractivity contribution in [3.63, 3.8) is 0 Å². The molecule has 0 aromatic heterocycles. The fraction of sp³-hybridized carbons (Fsp3) is 0.148. The zero-order valence-corrected chi connectivity index (χ0v) is 17.8. The highest BCUT2D eigenvalue weighted by Gasteiger charge is 2.12. The highest BCUT2D eigenvalue weighted by molar-refractivity contribution is 5.94. The Balaban J connectivity index is 1.47. The molecule has 0 saturated heterocycles. The van der Waals surface area contributed by atoms with Crippen LogP contribution in [-0.4, -0.2) is 12.5 Å². The molecule has 0 bridgehead atoms. The number of fused-ring (bicyclic) bond motifs is 1. The first kappa shape index (κ1) is 21.4. The average Bonchev–Trinajstić information content (AvgIpc) is 2.83. The molecule has 0 aliphatic carbocycles. The molecule has 162 valence electrons. The van der Waals surface area contributed by atoms with Crippen molar-refractivity contribution in [2.75, 3.05) is 6.61 Å². The number of halogens is 1. The number of hydrogen-bond donors (Lipinski definition) is 1. The molecule has 5 heteroatoms. The number of benzene rings is 4. The smallest absolute Gasteiger partial charge is 0.251 e. The van der Waals surface area contributed by atoms with Crippen LogP contribution in [0.3, 0.4) is 0 Å². The van der Waals surface area contributed by atoms with Crippen molar-refractivity contribution in [2.24, 2.45) is 0 Å². The van der Waals surface area contributed by atoms with E-state index in [4.69, 9.17) is 9.47 Å². The van der Waals surface area contributed by atoms with E-state index < -0.39 is 0 Å². The van der Waals surface area contributed by atoms with Gasteiger partial charge in [-0.25, -0.2) is 4.39 Å². The van der Waals surface area contributed by atoms with Crippen molar-refractivity contribution < 1.29 is 18.7 Å². The molecule has 0 radical (unpaired) electrons. The van der Waals surface area contributed by atoms with Crippen LogP contribution in [0.1, 0.15) is 28.4 Å². The first-order valence-electron chi connectivity index (χ1n) is 10.5. The predicted molar refractivity (Wildman–Crippen MR) is 123 cm³/mol. The summed E-state index contributed by atoms with van der Waals surface area (Å²) in [6, 6.07) is 25.4. The maximum absolute atomic E-state index is 13.1. The Morgan fingerprint density at radius 1 is 0.875 bits per heavy atom. The van der Waals surface area contributed by atoms with Crippen LogP contribution in [0.2, 0.25) is 0 Å². The Kier molecular flexibility index (Phi) is 6.66. The molecule has 0 spiro atoms. The summed E-state index contributed by atoms with van der Waals surface area (Å²) in [7, 11) is 0. The van der Waals surface area contributed by atoms with Crippen molar-refractivity contribution in [1.29, 1.82) is 0 Å². The van der Waals surface area contributed by atoms with Crippen LogP contribution in [0, 0.1) is 5.82 Å². The van der Waals surface area contributed by atoms with Crippen molar-refractivity contribution in [3.05, 3.63) is 107 Å². The summed E-state index contributed by atoms with van der Waals surface area (Å²) in [6.07, 6.45) is 0. The van der Waals surface area contributed by atoms with E-state index in [1.165, 1.54) is 12.1 Å². The van der Waals surface area contributed by atoms with Crippen LogP contribution in [0.15, 0.2) is 84.9 Å². The van der Waals surface area contributed by atoms with E-state index in [9.17, 15) is 9.18 Å². The lowest BCUT2D eigenvalue weighted by Crippen LogP contribution is -2.23. The van der Waals surface area contributed by atoms with Crippen molar-refractivity contribution in [3.8, 4) is 11.5 Å². The maximum Gasteiger partial charge on any atom is 0.251 e. The molecule has 0 unspecified atom stereocenters. The van der Waals surface area contributed by atoms with Crippen LogP contribution in [-0.2, 0) is 13.2 Å². The minimum absolute atomic E-state index is 0.218. The number of rotatable bonds is 8. The number of carbonyl (C=O) groups excluding carboxylic acids is 1. The fourth-order valence-corrected chi connectivity index (χ4v) is 3.43. The van der Waals surface area contributed by atoms with E-state index in [2.05, 4.69) is 11.4 Å². The summed E-state index contributed by atoms with van der Waals surface area (Å²) >= 11 is 0. The molecule has 1 N–H and O–H groups in total. The summed E-state index contributed by atoms with van der Waals surface area (Å²) < 4.78 is 24.8. The zero-order valence-electron chi connectivity index (χ0n) is 17.8. The predicted octanol–water partition coefficient (Wildman–Crippen LogP) is 5.89. The molecule has 0 saturated carbocycles. The van der Waals surface area contributed by atoms with Gasteiger partial charge < -0.3 is 14.8 Å². The average molecular weight is 429 g/mol. The van der Waals surface area contributed by atoms with Crippen LogP contribution in [0.25, 0.3) is 10.8 Å². The van der Waals surface area contributed by atoms with E-state index in [-0.39, 0.29) is 18.3 Å². The third-order valence-electron chi connectivity index (χ3n) is 5.10. The van der Waals surface area contributed by atoms with Gasteiger partial charge in [-0.15, -0.1) is 0 Å². The van der Waals surface area contributed by atoms with Gasteiger partial charge in [0.05, 0.1) is 6.61 Å². The highest BCUT2D eigenvalue weighted by Crippen LogP contribution is 2.25. The molecule has 32 heavy (non-hydrogen) atoms. The normalized spacial score (nSPS) is 10.7. The molecular formula is C27H24FNO3. The molecule has 4 nitrogen and oxygen atoms in total. The van der Waals surface area contributed by atoms with Crippen LogP contribution < -0.4 is 14.8 Å². The zero-order chi connectivity index (χ0) is 22.3. The largest absolute Gasteiger partial charge is 0.493 e. The maximum atomic E-state index is 13.1. The van der Waals surface area contributed by atoms with Gasteiger partial charge in [0.25, 0.3) is 5.91 Å². The molecule has 4 aromatic carbocycles.